The van der Waals surface area contributed by atoms with Crippen LogP contribution in [0.3, 0.4) is 0 Å². The van der Waals surface area contributed by atoms with Gasteiger partial charge < -0.3 is 15.2 Å². The Bertz CT molecular complexity index is 692. The molecule has 1 fully saturated rings. The highest BCUT2D eigenvalue weighted by molar-refractivity contribution is 6.06. The molecule has 0 aliphatic carbocycles. The zero-order valence-electron chi connectivity index (χ0n) is 12.6. The van der Waals surface area contributed by atoms with E-state index in [0.29, 0.717) is 35.4 Å². The van der Waals surface area contributed by atoms with Crippen molar-refractivity contribution in [3.63, 3.8) is 0 Å². The van der Waals surface area contributed by atoms with E-state index in [1.54, 1.807) is 4.90 Å². The van der Waals surface area contributed by atoms with Crippen molar-refractivity contribution in [3.8, 4) is 0 Å². The minimum absolute atomic E-state index is 0.0106. The molecular formula is C15H20N4O2. The normalized spacial score (nSPS) is 18.9. The van der Waals surface area contributed by atoms with Gasteiger partial charge in [0.15, 0.2) is 0 Å². The maximum Gasteiger partial charge on any atom is 0.259 e. The van der Waals surface area contributed by atoms with E-state index in [2.05, 4.69) is 10.1 Å². The van der Waals surface area contributed by atoms with Gasteiger partial charge in [0.1, 0.15) is 0 Å². The number of nitrogens with zero attached hydrogens (tertiary/aromatic N) is 3. The van der Waals surface area contributed by atoms with Crippen molar-refractivity contribution in [2.75, 3.05) is 13.1 Å². The molecule has 0 spiro atoms. The van der Waals surface area contributed by atoms with Crippen molar-refractivity contribution in [1.29, 1.82) is 0 Å². The number of aryl methyl sites for hydroxylation is 1. The van der Waals surface area contributed by atoms with Gasteiger partial charge in [-0.2, -0.15) is 0 Å². The highest BCUT2D eigenvalue weighted by Crippen LogP contribution is 2.27. The summed E-state index contributed by atoms with van der Waals surface area (Å²) in [6.45, 7) is 7.21. The molecule has 112 valence electrons. The number of carbonyl (C=O) groups is 1. The molecular weight excluding hydrogens is 268 g/mol. The number of hydrogen-bond acceptors (Lipinski definition) is 5. The lowest BCUT2D eigenvalue weighted by atomic mass is 10.0. The van der Waals surface area contributed by atoms with Crippen molar-refractivity contribution >= 4 is 17.0 Å². The average Bonchev–Trinajstić information content (AvgIpc) is 3.04. The Morgan fingerprint density at radius 2 is 2.29 bits per heavy atom. The number of pyridine rings is 1. The summed E-state index contributed by atoms with van der Waals surface area (Å²) in [6, 6.07) is 1.93. The van der Waals surface area contributed by atoms with E-state index in [1.807, 2.05) is 26.8 Å². The molecule has 0 aromatic carbocycles. The number of aromatic nitrogens is 2. The lowest BCUT2D eigenvalue weighted by Crippen LogP contribution is -2.32. The summed E-state index contributed by atoms with van der Waals surface area (Å²) < 4.78 is 5.26. The molecule has 0 saturated carbocycles. The fraction of sp³-hybridized carbons (Fsp3) is 0.533. The molecule has 6 heteroatoms. The molecule has 0 unspecified atom stereocenters. The van der Waals surface area contributed by atoms with Gasteiger partial charge in [-0.3, -0.25) is 4.79 Å². The van der Waals surface area contributed by atoms with Crippen molar-refractivity contribution in [1.82, 2.24) is 15.0 Å². The van der Waals surface area contributed by atoms with Crippen LogP contribution in [-0.2, 0) is 0 Å². The number of rotatable bonds is 2. The highest BCUT2D eigenvalue weighted by Gasteiger charge is 2.28. The van der Waals surface area contributed by atoms with Crippen LogP contribution in [0.15, 0.2) is 10.6 Å². The Labute approximate surface area is 123 Å². The first-order valence-electron chi connectivity index (χ1n) is 7.29. The molecule has 1 aliphatic heterocycles. The minimum atomic E-state index is -0.0106. The molecule has 6 nitrogen and oxygen atoms in total. The van der Waals surface area contributed by atoms with Gasteiger partial charge in [0.2, 0.25) is 0 Å². The van der Waals surface area contributed by atoms with E-state index in [4.69, 9.17) is 10.3 Å². The van der Waals surface area contributed by atoms with E-state index in [1.165, 1.54) is 0 Å². The summed E-state index contributed by atoms with van der Waals surface area (Å²) in [5, 5.41) is 4.66. The largest absolute Gasteiger partial charge is 0.337 e. The van der Waals surface area contributed by atoms with Crippen LogP contribution in [0.5, 0.6) is 0 Å². The van der Waals surface area contributed by atoms with E-state index < -0.39 is 0 Å². The van der Waals surface area contributed by atoms with Crippen LogP contribution in [0.1, 0.15) is 47.9 Å². The molecule has 0 bridgehead atoms. The van der Waals surface area contributed by atoms with E-state index in [-0.39, 0.29) is 17.9 Å². The molecule has 2 aromatic rings. The zero-order chi connectivity index (χ0) is 15.1. The fourth-order valence-corrected chi connectivity index (χ4v) is 2.72. The number of carbonyl (C=O) groups excluding carboxylic acids is 1. The zero-order valence-corrected chi connectivity index (χ0v) is 12.6. The van der Waals surface area contributed by atoms with Gasteiger partial charge in [-0.05, 0) is 25.3 Å². The third-order valence-electron chi connectivity index (χ3n) is 3.97. The number of hydrogen-bond donors (Lipinski definition) is 1. The number of fused-ring (bicyclic) bond motifs is 1. The van der Waals surface area contributed by atoms with Crippen LogP contribution in [0.4, 0.5) is 0 Å². The monoisotopic (exact) mass is 288 g/mol. The average molecular weight is 288 g/mol. The Balaban J connectivity index is 2.11. The van der Waals surface area contributed by atoms with Crippen LogP contribution < -0.4 is 5.73 Å². The Kier molecular flexibility index (Phi) is 3.41. The second kappa shape index (κ2) is 5.11. The van der Waals surface area contributed by atoms with Crippen LogP contribution in [-0.4, -0.2) is 40.1 Å². The lowest BCUT2D eigenvalue weighted by molar-refractivity contribution is 0.0792. The Morgan fingerprint density at radius 1 is 1.52 bits per heavy atom. The lowest BCUT2D eigenvalue weighted by Gasteiger charge is -2.17. The molecule has 1 aliphatic rings. The van der Waals surface area contributed by atoms with Crippen LogP contribution in [0.25, 0.3) is 11.1 Å². The van der Waals surface area contributed by atoms with E-state index >= 15 is 0 Å². The molecule has 1 amide bonds. The number of likely N-dealkylation sites (tertiary alicyclic amines) is 1. The van der Waals surface area contributed by atoms with Crippen LogP contribution in [0, 0.1) is 6.92 Å². The maximum absolute atomic E-state index is 12.8. The van der Waals surface area contributed by atoms with E-state index in [9.17, 15) is 4.79 Å². The topological polar surface area (TPSA) is 85.2 Å². The van der Waals surface area contributed by atoms with Crippen LogP contribution in [0.2, 0.25) is 0 Å². The molecule has 2 aromatic heterocycles. The predicted molar refractivity (Wildman–Crippen MR) is 79.1 cm³/mol. The van der Waals surface area contributed by atoms with Gasteiger partial charge in [-0.15, -0.1) is 0 Å². The molecule has 0 radical (unpaired) electrons. The summed E-state index contributed by atoms with van der Waals surface area (Å²) in [6.07, 6.45) is 0.847. The second-order valence-electron chi connectivity index (χ2n) is 6.00. The SMILES string of the molecule is Cc1noc2nc(C(C)C)cc(C(=O)N3CC[C@@H](N)C3)c12. The summed E-state index contributed by atoms with van der Waals surface area (Å²) in [5.74, 6) is 0.204. The number of amides is 1. The summed E-state index contributed by atoms with van der Waals surface area (Å²) >= 11 is 0. The van der Waals surface area contributed by atoms with Gasteiger partial charge in [-0.1, -0.05) is 19.0 Å². The summed E-state index contributed by atoms with van der Waals surface area (Å²) in [5.41, 5.74) is 8.49. The first-order chi connectivity index (χ1) is 9.97. The second-order valence-corrected chi connectivity index (χ2v) is 6.00. The van der Waals surface area contributed by atoms with Crippen molar-refractivity contribution in [2.45, 2.75) is 39.2 Å². The first-order valence-corrected chi connectivity index (χ1v) is 7.29. The third kappa shape index (κ3) is 2.40. The Hall–Kier alpha value is -1.95. The highest BCUT2D eigenvalue weighted by atomic mass is 16.5. The van der Waals surface area contributed by atoms with E-state index in [0.717, 1.165) is 12.1 Å². The number of nitrogens with two attached hydrogens (primary N) is 1. The summed E-state index contributed by atoms with van der Waals surface area (Å²) in [4.78, 5) is 19.1. The van der Waals surface area contributed by atoms with Crippen molar-refractivity contribution in [3.05, 3.63) is 23.0 Å². The fourth-order valence-electron chi connectivity index (χ4n) is 2.72. The third-order valence-corrected chi connectivity index (χ3v) is 3.97. The Morgan fingerprint density at radius 3 is 2.90 bits per heavy atom. The van der Waals surface area contributed by atoms with Crippen molar-refractivity contribution < 1.29 is 9.32 Å². The van der Waals surface area contributed by atoms with Gasteiger partial charge in [-0.25, -0.2) is 4.98 Å². The molecule has 3 heterocycles. The first kappa shape index (κ1) is 14.0. The predicted octanol–water partition coefficient (Wildman–Crippen LogP) is 1.83. The van der Waals surface area contributed by atoms with Gasteiger partial charge in [0, 0.05) is 24.8 Å². The van der Waals surface area contributed by atoms with Gasteiger partial charge in [0.05, 0.1) is 16.6 Å². The molecule has 21 heavy (non-hydrogen) atoms. The van der Waals surface area contributed by atoms with Crippen LogP contribution >= 0.6 is 0 Å². The molecule has 1 saturated heterocycles. The smallest absolute Gasteiger partial charge is 0.259 e. The van der Waals surface area contributed by atoms with Gasteiger partial charge >= 0.3 is 0 Å². The van der Waals surface area contributed by atoms with Gasteiger partial charge in [0.25, 0.3) is 11.6 Å². The quantitative estimate of drug-likeness (QED) is 0.911. The molecule has 3 rings (SSSR count). The van der Waals surface area contributed by atoms with Crippen molar-refractivity contribution in [2.24, 2.45) is 5.73 Å². The standard InChI is InChI=1S/C15H20N4O2/c1-8(2)12-6-11(13-9(3)18-21-14(13)17-12)15(20)19-5-4-10(16)7-19/h6,8,10H,4-5,7,16H2,1-3H3/t10-/m1/s1. The minimum Gasteiger partial charge on any atom is -0.337 e. The summed E-state index contributed by atoms with van der Waals surface area (Å²) in [7, 11) is 0. The molecule has 1 atom stereocenters. The maximum atomic E-state index is 12.8. The molecule has 2 N–H and O–H groups in total.